The van der Waals surface area contributed by atoms with Gasteiger partial charge in [0, 0.05) is 43.9 Å². The molecule has 1 N–H and O–H groups in total. The number of fused-ring (bicyclic) bond motifs is 4. The first-order valence-corrected chi connectivity index (χ1v) is 15.2. The summed E-state index contributed by atoms with van der Waals surface area (Å²) in [6.07, 6.45) is 1.71. The van der Waals surface area contributed by atoms with Crippen molar-refractivity contribution >= 4 is 23.5 Å². The van der Waals surface area contributed by atoms with E-state index in [1.54, 1.807) is 36.4 Å². The number of hydrogen-bond donors (Lipinski definition) is 1. The average molecular weight is 615 g/mol. The molecular weight excluding hydrogens is 576 g/mol. The Hall–Kier alpha value is -4.64. The number of amides is 4. The zero-order valence-electron chi connectivity index (χ0n) is 26.0. The lowest BCUT2D eigenvalue weighted by Crippen LogP contribution is -2.68. The number of methoxy groups -OCH3 is 3. The van der Waals surface area contributed by atoms with Crippen LogP contribution in [0.1, 0.15) is 36.1 Å². The third kappa shape index (κ3) is 5.35. The number of barbiturate groups is 1. The standard InChI is InChI=1S/C34H38N4O7/c1-5-21-9-11-25(12-10-21)38-32(41)34(31(40)35-33(38)42,16-22-14-27(43-2)30(45-4)28(15-22)44-3)20-36-17-23-13-24(19-36)26-7-6-8-29(39)37(26)18-23/h6-12,14-15,23-24H,5,13,16-20H2,1-4H3,(H,35,40,42)/t23-,24+,34-/m1/s1. The minimum absolute atomic E-state index is 0.0143. The van der Waals surface area contributed by atoms with Gasteiger partial charge in [-0.25, -0.2) is 9.69 Å². The second-order valence-corrected chi connectivity index (χ2v) is 12.1. The fraction of sp³-hybridized carbons (Fsp3) is 0.412. The third-order valence-electron chi connectivity index (χ3n) is 9.35. The Labute approximate surface area is 261 Å². The van der Waals surface area contributed by atoms with Crippen molar-refractivity contribution in [1.82, 2.24) is 14.8 Å². The monoisotopic (exact) mass is 614 g/mol. The van der Waals surface area contributed by atoms with Crippen LogP contribution in [0.25, 0.3) is 0 Å². The first kappa shape index (κ1) is 30.4. The number of imide groups is 2. The van der Waals surface area contributed by atoms with Gasteiger partial charge >= 0.3 is 6.03 Å². The van der Waals surface area contributed by atoms with Crippen LogP contribution in [0, 0.1) is 11.3 Å². The molecule has 3 atom stereocenters. The molecule has 45 heavy (non-hydrogen) atoms. The Balaban J connectivity index is 1.42. The van der Waals surface area contributed by atoms with Gasteiger partial charge in [0.1, 0.15) is 5.41 Å². The van der Waals surface area contributed by atoms with Crippen LogP contribution in [-0.4, -0.2) is 68.3 Å². The molecule has 4 heterocycles. The van der Waals surface area contributed by atoms with Crippen LogP contribution < -0.4 is 30.0 Å². The lowest BCUT2D eigenvalue weighted by Gasteiger charge is -2.47. The maximum atomic E-state index is 14.7. The van der Waals surface area contributed by atoms with Gasteiger partial charge < -0.3 is 23.7 Å². The molecule has 1 aromatic heterocycles. The predicted molar refractivity (Wildman–Crippen MR) is 167 cm³/mol. The number of piperidine rings is 1. The molecule has 2 fully saturated rings. The normalized spacial score (nSPS) is 22.9. The second kappa shape index (κ2) is 12.0. The van der Waals surface area contributed by atoms with E-state index in [-0.39, 0.29) is 30.4 Å². The van der Waals surface area contributed by atoms with E-state index in [1.165, 1.54) is 21.3 Å². The third-order valence-corrected chi connectivity index (χ3v) is 9.35. The molecule has 0 unspecified atom stereocenters. The van der Waals surface area contributed by atoms with Gasteiger partial charge in [0.2, 0.25) is 11.7 Å². The number of aromatic nitrogens is 1. The van der Waals surface area contributed by atoms with Crippen molar-refractivity contribution in [3.63, 3.8) is 0 Å². The molecule has 0 spiro atoms. The van der Waals surface area contributed by atoms with Crippen LogP contribution in [0.15, 0.2) is 59.4 Å². The molecule has 11 heteroatoms. The van der Waals surface area contributed by atoms with Crippen molar-refractivity contribution in [2.24, 2.45) is 11.3 Å². The highest BCUT2D eigenvalue weighted by atomic mass is 16.5. The minimum atomic E-state index is -1.66. The Kier molecular flexibility index (Phi) is 8.13. The Bertz CT molecular complexity index is 1680. The van der Waals surface area contributed by atoms with Gasteiger partial charge in [-0.3, -0.25) is 19.7 Å². The largest absolute Gasteiger partial charge is 0.493 e. The molecule has 3 aliphatic rings. The van der Waals surface area contributed by atoms with Gasteiger partial charge in [-0.15, -0.1) is 0 Å². The Morgan fingerprint density at radius 2 is 1.58 bits per heavy atom. The summed E-state index contributed by atoms with van der Waals surface area (Å²) in [5.74, 6) is 0.178. The van der Waals surface area contributed by atoms with Crippen molar-refractivity contribution in [3.05, 3.63) is 81.8 Å². The summed E-state index contributed by atoms with van der Waals surface area (Å²) in [5.41, 5.74) is 1.35. The number of likely N-dealkylation sites (tertiary alicyclic amines) is 1. The van der Waals surface area contributed by atoms with E-state index < -0.39 is 23.3 Å². The molecule has 0 saturated carbocycles. The summed E-state index contributed by atoms with van der Waals surface area (Å²) in [6, 6.07) is 15.2. The lowest BCUT2D eigenvalue weighted by atomic mass is 9.75. The fourth-order valence-corrected chi connectivity index (χ4v) is 7.23. The minimum Gasteiger partial charge on any atom is -0.493 e. The van der Waals surface area contributed by atoms with Gasteiger partial charge in [0.25, 0.3) is 11.5 Å². The van der Waals surface area contributed by atoms with E-state index in [2.05, 4.69) is 10.2 Å². The molecule has 2 aromatic carbocycles. The average Bonchev–Trinajstić information content (AvgIpc) is 3.04. The van der Waals surface area contributed by atoms with Crippen molar-refractivity contribution in [2.75, 3.05) is 45.9 Å². The number of rotatable bonds is 9. The SMILES string of the molecule is CCc1ccc(N2C(=O)NC(=O)[C@@](Cc3cc(OC)c(OC)c(OC)c3)(CN3C[C@H]4C[C@@H](C3)c3cccc(=O)n3C4)C2=O)cc1. The topological polar surface area (TPSA) is 119 Å². The van der Waals surface area contributed by atoms with E-state index in [9.17, 15) is 19.2 Å². The molecule has 236 valence electrons. The number of carbonyl (C=O) groups is 3. The molecule has 2 bridgehead atoms. The molecule has 0 aliphatic carbocycles. The molecule has 11 nitrogen and oxygen atoms in total. The van der Waals surface area contributed by atoms with E-state index >= 15 is 0 Å². The quantitative estimate of drug-likeness (QED) is 0.365. The molecule has 6 rings (SSSR count). The number of anilines is 1. The van der Waals surface area contributed by atoms with Crippen molar-refractivity contribution < 1.29 is 28.6 Å². The van der Waals surface area contributed by atoms with Crippen LogP contribution in [0.2, 0.25) is 0 Å². The number of aryl methyl sites for hydroxylation is 1. The predicted octanol–water partition coefficient (Wildman–Crippen LogP) is 3.37. The summed E-state index contributed by atoms with van der Waals surface area (Å²) in [5, 5.41) is 2.51. The number of pyridine rings is 1. The summed E-state index contributed by atoms with van der Waals surface area (Å²) < 4.78 is 18.5. The summed E-state index contributed by atoms with van der Waals surface area (Å²) in [7, 11) is 4.52. The smallest absolute Gasteiger partial charge is 0.335 e. The number of urea groups is 1. The van der Waals surface area contributed by atoms with E-state index in [1.807, 2.05) is 29.7 Å². The van der Waals surface area contributed by atoms with E-state index in [4.69, 9.17) is 14.2 Å². The van der Waals surface area contributed by atoms with E-state index in [0.717, 1.165) is 29.0 Å². The van der Waals surface area contributed by atoms with Gasteiger partial charge in [-0.05, 0) is 66.6 Å². The number of nitrogens with zero attached hydrogens (tertiary/aromatic N) is 3. The Morgan fingerprint density at radius 3 is 2.22 bits per heavy atom. The van der Waals surface area contributed by atoms with Gasteiger partial charge in [-0.1, -0.05) is 25.1 Å². The van der Waals surface area contributed by atoms with Crippen LogP contribution in [0.5, 0.6) is 17.2 Å². The molecular formula is C34H38N4O7. The number of hydrogen-bond acceptors (Lipinski definition) is 8. The summed E-state index contributed by atoms with van der Waals surface area (Å²) in [6.45, 7) is 3.86. The highest BCUT2D eigenvalue weighted by molar-refractivity contribution is 6.30. The van der Waals surface area contributed by atoms with E-state index in [0.29, 0.717) is 48.1 Å². The van der Waals surface area contributed by atoms with Crippen molar-refractivity contribution in [1.29, 1.82) is 0 Å². The highest BCUT2D eigenvalue weighted by Crippen LogP contribution is 2.43. The molecule has 2 saturated heterocycles. The van der Waals surface area contributed by atoms with Crippen LogP contribution in [0.4, 0.5) is 10.5 Å². The summed E-state index contributed by atoms with van der Waals surface area (Å²) in [4.78, 5) is 57.9. The number of ether oxygens (including phenoxy) is 3. The maximum absolute atomic E-state index is 14.7. The molecule has 3 aromatic rings. The molecule has 3 aliphatic heterocycles. The van der Waals surface area contributed by atoms with Gasteiger partial charge in [-0.2, -0.15) is 0 Å². The zero-order valence-corrected chi connectivity index (χ0v) is 26.0. The van der Waals surface area contributed by atoms with Crippen LogP contribution >= 0.6 is 0 Å². The van der Waals surface area contributed by atoms with Crippen LogP contribution in [-0.2, 0) is 29.0 Å². The molecule has 0 radical (unpaired) electrons. The van der Waals surface area contributed by atoms with Gasteiger partial charge in [0.15, 0.2) is 11.5 Å². The maximum Gasteiger partial charge on any atom is 0.335 e. The zero-order chi connectivity index (χ0) is 31.9. The first-order chi connectivity index (χ1) is 21.7. The Morgan fingerprint density at radius 1 is 0.867 bits per heavy atom. The lowest BCUT2D eigenvalue weighted by molar-refractivity contribution is -0.144. The number of nitrogens with one attached hydrogen (secondary N) is 1. The summed E-state index contributed by atoms with van der Waals surface area (Å²) >= 11 is 0. The number of benzene rings is 2. The number of carbonyl (C=O) groups excluding carboxylic acids is 3. The fourth-order valence-electron chi connectivity index (χ4n) is 7.23. The molecule has 4 amide bonds. The second-order valence-electron chi connectivity index (χ2n) is 12.1. The first-order valence-electron chi connectivity index (χ1n) is 15.2. The van der Waals surface area contributed by atoms with Crippen molar-refractivity contribution in [3.8, 4) is 17.2 Å². The van der Waals surface area contributed by atoms with Crippen LogP contribution in [0.3, 0.4) is 0 Å². The van der Waals surface area contributed by atoms with Crippen molar-refractivity contribution in [2.45, 2.75) is 38.6 Å². The highest BCUT2D eigenvalue weighted by Gasteiger charge is 2.56. The van der Waals surface area contributed by atoms with Gasteiger partial charge in [0.05, 0.1) is 27.0 Å².